The molecule has 0 radical (unpaired) electrons. The van der Waals surface area contributed by atoms with Gasteiger partial charge in [-0.2, -0.15) is 12.7 Å². The van der Waals surface area contributed by atoms with Crippen molar-refractivity contribution in [1.82, 2.24) is 9.03 Å². The maximum absolute atomic E-state index is 11.5. The SMILES string of the molecule is CCOc1ccc(CN2CC(=O)NS2(=O)=O)cc1. The Morgan fingerprint density at radius 1 is 1.33 bits per heavy atom. The molecule has 7 heteroatoms. The lowest BCUT2D eigenvalue weighted by atomic mass is 10.2. The molecule has 1 amide bonds. The molecule has 0 saturated carbocycles. The quantitative estimate of drug-likeness (QED) is 0.851. The molecule has 0 atom stereocenters. The highest BCUT2D eigenvalue weighted by Gasteiger charge is 2.33. The van der Waals surface area contributed by atoms with E-state index in [0.29, 0.717) is 6.61 Å². The molecule has 6 nitrogen and oxygen atoms in total. The average Bonchev–Trinajstić information content (AvgIpc) is 2.55. The van der Waals surface area contributed by atoms with Crippen LogP contribution in [-0.2, 0) is 21.5 Å². The first-order valence-corrected chi connectivity index (χ1v) is 6.98. The number of hydrogen-bond donors (Lipinski definition) is 1. The van der Waals surface area contributed by atoms with E-state index in [9.17, 15) is 13.2 Å². The minimum absolute atomic E-state index is 0.129. The third kappa shape index (κ3) is 2.80. The van der Waals surface area contributed by atoms with E-state index in [4.69, 9.17) is 4.74 Å². The summed E-state index contributed by atoms with van der Waals surface area (Å²) >= 11 is 0. The highest BCUT2D eigenvalue weighted by molar-refractivity contribution is 7.88. The second-order valence-electron chi connectivity index (χ2n) is 3.88. The summed E-state index contributed by atoms with van der Waals surface area (Å²) in [6, 6.07) is 7.11. The molecule has 1 aromatic carbocycles. The molecule has 1 N–H and O–H groups in total. The summed E-state index contributed by atoms with van der Waals surface area (Å²) in [6.45, 7) is 2.52. The Hall–Kier alpha value is -1.60. The van der Waals surface area contributed by atoms with Crippen LogP contribution in [0.4, 0.5) is 0 Å². The number of nitrogens with one attached hydrogen (secondary N) is 1. The number of nitrogens with zero attached hydrogens (tertiary/aromatic N) is 1. The van der Waals surface area contributed by atoms with Crippen molar-refractivity contribution < 1.29 is 17.9 Å². The van der Waals surface area contributed by atoms with Gasteiger partial charge in [-0.25, -0.2) is 4.72 Å². The van der Waals surface area contributed by atoms with E-state index in [-0.39, 0.29) is 13.1 Å². The van der Waals surface area contributed by atoms with E-state index in [1.165, 1.54) is 0 Å². The molecular formula is C11H14N2O4S. The molecule has 0 aliphatic carbocycles. The van der Waals surface area contributed by atoms with Gasteiger partial charge in [0.05, 0.1) is 13.2 Å². The fourth-order valence-corrected chi connectivity index (χ4v) is 2.78. The Bertz CT molecular complexity index is 539. The Morgan fingerprint density at radius 2 is 2.00 bits per heavy atom. The van der Waals surface area contributed by atoms with Crippen LogP contribution in [0.3, 0.4) is 0 Å². The molecule has 0 unspecified atom stereocenters. The summed E-state index contributed by atoms with van der Waals surface area (Å²) in [6.07, 6.45) is 0. The second kappa shape index (κ2) is 4.95. The molecule has 0 bridgehead atoms. The zero-order valence-corrected chi connectivity index (χ0v) is 10.7. The highest BCUT2D eigenvalue weighted by atomic mass is 32.2. The molecule has 0 spiro atoms. The summed E-state index contributed by atoms with van der Waals surface area (Å²) in [7, 11) is -3.65. The van der Waals surface area contributed by atoms with Gasteiger partial charge in [-0.3, -0.25) is 4.79 Å². The smallest absolute Gasteiger partial charge is 0.304 e. The first kappa shape index (κ1) is 12.8. The molecule has 1 heterocycles. The number of ether oxygens (including phenoxy) is 1. The van der Waals surface area contributed by atoms with Crippen LogP contribution in [0.5, 0.6) is 5.75 Å². The minimum atomic E-state index is -3.65. The Balaban J connectivity index is 2.08. The van der Waals surface area contributed by atoms with Crippen molar-refractivity contribution in [2.75, 3.05) is 13.2 Å². The zero-order chi connectivity index (χ0) is 13.2. The predicted octanol–water partition coefficient (Wildman–Crippen LogP) is 0.262. The third-order valence-corrected chi connectivity index (χ3v) is 3.92. The highest BCUT2D eigenvalue weighted by Crippen LogP contribution is 2.16. The molecule has 1 aliphatic rings. The van der Waals surface area contributed by atoms with Crippen molar-refractivity contribution in [2.24, 2.45) is 0 Å². The maximum atomic E-state index is 11.5. The first-order chi connectivity index (χ1) is 8.51. The Kier molecular flexibility index (Phi) is 3.53. The molecule has 1 aliphatic heterocycles. The van der Waals surface area contributed by atoms with Gasteiger partial charge in [0.25, 0.3) is 0 Å². The summed E-state index contributed by atoms with van der Waals surface area (Å²) in [4.78, 5) is 11.0. The van der Waals surface area contributed by atoms with Crippen molar-refractivity contribution in [2.45, 2.75) is 13.5 Å². The van der Waals surface area contributed by atoms with Crippen molar-refractivity contribution in [3.8, 4) is 5.75 Å². The van der Waals surface area contributed by atoms with Gasteiger partial charge in [0.1, 0.15) is 5.75 Å². The van der Waals surface area contributed by atoms with E-state index >= 15 is 0 Å². The predicted molar refractivity (Wildman–Crippen MR) is 65.1 cm³/mol. The van der Waals surface area contributed by atoms with Gasteiger partial charge in [0.15, 0.2) is 0 Å². The molecule has 0 aromatic heterocycles. The number of rotatable bonds is 4. The van der Waals surface area contributed by atoms with Gasteiger partial charge >= 0.3 is 10.2 Å². The van der Waals surface area contributed by atoms with Crippen LogP contribution < -0.4 is 9.46 Å². The van der Waals surface area contributed by atoms with E-state index in [0.717, 1.165) is 15.6 Å². The topological polar surface area (TPSA) is 75.7 Å². The number of carbonyl (C=O) groups excluding carboxylic acids is 1. The summed E-state index contributed by atoms with van der Waals surface area (Å²) < 4.78 is 31.4. The number of hydrogen-bond acceptors (Lipinski definition) is 4. The lowest BCUT2D eigenvalue weighted by Gasteiger charge is -2.12. The van der Waals surface area contributed by atoms with Crippen LogP contribution in [0.15, 0.2) is 24.3 Å². The van der Waals surface area contributed by atoms with Crippen LogP contribution in [-0.4, -0.2) is 31.8 Å². The molecular weight excluding hydrogens is 256 g/mol. The molecule has 2 rings (SSSR count). The van der Waals surface area contributed by atoms with Crippen LogP contribution in [0.2, 0.25) is 0 Å². The fraction of sp³-hybridized carbons (Fsp3) is 0.364. The normalized spacial score (nSPS) is 18.6. The van der Waals surface area contributed by atoms with Crippen LogP contribution >= 0.6 is 0 Å². The average molecular weight is 270 g/mol. The number of carbonyl (C=O) groups is 1. The van der Waals surface area contributed by atoms with E-state index in [1.54, 1.807) is 24.3 Å². The second-order valence-corrected chi connectivity index (χ2v) is 5.55. The summed E-state index contributed by atoms with van der Waals surface area (Å²) in [5.74, 6) is 0.237. The maximum Gasteiger partial charge on any atom is 0.304 e. The Labute approximate surface area is 106 Å². The van der Waals surface area contributed by atoms with E-state index < -0.39 is 16.1 Å². The summed E-state index contributed by atoms with van der Waals surface area (Å²) in [5.41, 5.74) is 0.804. The standard InChI is InChI=1S/C11H14N2O4S/c1-2-17-10-5-3-9(4-6-10)7-13-8-11(14)12-18(13,15)16/h3-6H,2,7-8H2,1H3,(H,12,14). The molecule has 98 valence electrons. The molecule has 1 fully saturated rings. The zero-order valence-electron chi connectivity index (χ0n) is 9.92. The molecule has 1 aromatic rings. The van der Waals surface area contributed by atoms with Crippen molar-refractivity contribution in [1.29, 1.82) is 0 Å². The van der Waals surface area contributed by atoms with Crippen molar-refractivity contribution in [3.05, 3.63) is 29.8 Å². The first-order valence-electron chi connectivity index (χ1n) is 5.53. The lowest BCUT2D eigenvalue weighted by molar-refractivity contribution is -0.118. The fourth-order valence-electron chi connectivity index (χ4n) is 1.69. The minimum Gasteiger partial charge on any atom is -0.494 e. The number of amides is 1. The van der Waals surface area contributed by atoms with Gasteiger partial charge in [-0.05, 0) is 24.6 Å². The van der Waals surface area contributed by atoms with E-state index in [2.05, 4.69) is 0 Å². The van der Waals surface area contributed by atoms with Crippen molar-refractivity contribution in [3.63, 3.8) is 0 Å². The lowest BCUT2D eigenvalue weighted by Crippen LogP contribution is -2.29. The van der Waals surface area contributed by atoms with Crippen LogP contribution in [0.25, 0.3) is 0 Å². The van der Waals surface area contributed by atoms with Crippen molar-refractivity contribution >= 4 is 16.1 Å². The van der Waals surface area contributed by atoms with Crippen LogP contribution in [0.1, 0.15) is 12.5 Å². The van der Waals surface area contributed by atoms with Gasteiger partial charge in [0.2, 0.25) is 5.91 Å². The van der Waals surface area contributed by atoms with Gasteiger partial charge in [0, 0.05) is 6.54 Å². The largest absolute Gasteiger partial charge is 0.494 e. The van der Waals surface area contributed by atoms with Gasteiger partial charge < -0.3 is 4.74 Å². The third-order valence-electron chi connectivity index (χ3n) is 2.50. The monoisotopic (exact) mass is 270 g/mol. The molecule has 1 saturated heterocycles. The molecule has 18 heavy (non-hydrogen) atoms. The van der Waals surface area contributed by atoms with E-state index in [1.807, 2.05) is 11.6 Å². The summed E-state index contributed by atoms with van der Waals surface area (Å²) in [5, 5.41) is 0. The Morgan fingerprint density at radius 3 is 2.50 bits per heavy atom. The van der Waals surface area contributed by atoms with Gasteiger partial charge in [-0.1, -0.05) is 12.1 Å². The number of benzene rings is 1. The van der Waals surface area contributed by atoms with Crippen LogP contribution in [0, 0.1) is 0 Å². The van der Waals surface area contributed by atoms with Gasteiger partial charge in [-0.15, -0.1) is 0 Å².